The molecule has 0 spiro atoms. The first-order valence-corrected chi connectivity index (χ1v) is 6.32. The lowest BCUT2D eigenvalue weighted by Crippen LogP contribution is -2.04. The van der Waals surface area contributed by atoms with Crippen LogP contribution in [-0.2, 0) is 4.74 Å². The zero-order chi connectivity index (χ0) is 10.4. The topological polar surface area (TPSA) is 26.3 Å². The van der Waals surface area contributed by atoms with Gasteiger partial charge in [0, 0.05) is 33.8 Å². The van der Waals surface area contributed by atoms with E-state index in [-0.39, 0.29) is 5.78 Å². The third-order valence-electron chi connectivity index (χ3n) is 1.74. The summed E-state index contributed by atoms with van der Waals surface area (Å²) in [5.74, 6) is 0.147. The van der Waals surface area contributed by atoms with Crippen LogP contribution in [-0.4, -0.2) is 19.0 Å². The van der Waals surface area contributed by atoms with Gasteiger partial charge in [0.05, 0.1) is 6.61 Å². The molecule has 0 unspecified atom stereocenters. The molecule has 1 aromatic rings. The molecule has 2 nitrogen and oxygen atoms in total. The fourth-order valence-electron chi connectivity index (χ4n) is 1.03. The van der Waals surface area contributed by atoms with Gasteiger partial charge in [0.1, 0.15) is 0 Å². The maximum absolute atomic E-state index is 11.6. The molecule has 0 saturated heterocycles. The third kappa shape index (κ3) is 3.52. The molecule has 4 heteroatoms. The molecular formula is C10H13BrO2S. The molecule has 0 fully saturated rings. The minimum atomic E-state index is 0.147. The molecule has 0 aliphatic carbocycles. The van der Waals surface area contributed by atoms with Crippen LogP contribution in [0.5, 0.6) is 0 Å². The summed E-state index contributed by atoms with van der Waals surface area (Å²) in [6.45, 7) is 3.31. The number of Topliss-reactive ketones (excluding diaryl/α,β-unsaturated/α-hetero) is 1. The summed E-state index contributed by atoms with van der Waals surface area (Å²) in [5, 5.41) is 3.78. The first-order valence-electron chi connectivity index (χ1n) is 4.58. The van der Waals surface area contributed by atoms with Crippen LogP contribution in [0, 0.1) is 0 Å². The van der Waals surface area contributed by atoms with Gasteiger partial charge in [0.2, 0.25) is 0 Å². The first-order chi connectivity index (χ1) is 6.75. The molecule has 0 bridgehead atoms. The van der Waals surface area contributed by atoms with Gasteiger partial charge in [-0.3, -0.25) is 4.79 Å². The predicted octanol–water partition coefficient (Wildman–Crippen LogP) is 3.51. The number of thiophene rings is 1. The average Bonchev–Trinajstić information content (AvgIpc) is 2.59. The van der Waals surface area contributed by atoms with Gasteiger partial charge in [-0.1, -0.05) is 6.92 Å². The predicted molar refractivity (Wildman–Crippen MR) is 62.1 cm³/mol. The molecule has 0 saturated carbocycles. The fourth-order valence-corrected chi connectivity index (χ4v) is 2.55. The SMILES string of the molecule is CCCOCCC(=O)c1cscc1Br. The van der Waals surface area contributed by atoms with E-state index in [1.165, 1.54) is 11.3 Å². The van der Waals surface area contributed by atoms with Gasteiger partial charge in [0.15, 0.2) is 5.78 Å². The molecule has 0 radical (unpaired) electrons. The molecule has 1 rings (SSSR count). The monoisotopic (exact) mass is 276 g/mol. The quantitative estimate of drug-likeness (QED) is 0.587. The Morgan fingerprint density at radius 1 is 1.50 bits per heavy atom. The lowest BCUT2D eigenvalue weighted by atomic mass is 10.2. The van der Waals surface area contributed by atoms with Gasteiger partial charge in [-0.05, 0) is 22.4 Å². The van der Waals surface area contributed by atoms with Gasteiger partial charge >= 0.3 is 0 Å². The Bertz CT molecular complexity index is 296. The Morgan fingerprint density at radius 3 is 2.86 bits per heavy atom. The van der Waals surface area contributed by atoms with Gasteiger partial charge < -0.3 is 4.74 Å². The van der Waals surface area contributed by atoms with Crippen molar-refractivity contribution in [1.82, 2.24) is 0 Å². The first kappa shape index (κ1) is 11.9. The standard InChI is InChI=1S/C10H13BrO2S/c1-2-4-13-5-3-10(12)8-6-14-7-9(8)11/h6-7H,2-5H2,1H3. The highest BCUT2D eigenvalue weighted by atomic mass is 79.9. The van der Waals surface area contributed by atoms with Crippen LogP contribution >= 0.6 is 27.3 Å². The molecule has 14 heavy (non-hydrogen) atoms. The van der Waals surface area contributed by atoms with Crippen molar-refractivity contribution in [3.63, 3.8) is 0 Å². The average molecular weight is 277 g/mol. The van der Waals surface area contributed by atoms with Crippen molar-refractivity contribution in [2.24, 2.45) is 0 Å². The number of hydrogen-bond donors (Lipinski definition) is 0. The van der Waals surface area contributed by atoms with E-state index in [0.717, 1.165) is 23.1 Å². The van der Waals surface area contributed by atoms with Crippen LogP contribution in [0.4, 0.5) is 0 Å². The molecule has 1 aromatic heterocycles. The lowest BCUT2D eigenvalue weighted by Gasteiger charge is -2.01. The second-order valence-corrected chi connectivity index (χ2v) is 4.52. The van der Waals surface area contributed by atoms with E-state index in [2.05, 4.69) is 22.9 Å². The van der Waals surface area contributed by atoms with Crippen LogP contribution in [0.1, 0.15) is 30.1 Å². The van der Waals surface area contributed by atoms with Crippen LogP contribution in [0.15, 0.2) is 15.2 Å². The largest absolute Gasteiger partial charge is 0.381 e. The molecule has 0 aliphatic rings. The zero-order valence-electron chi connectivity index (χ0n) is 8.09. The van der Waals surface area contributed by atoms with E-state index in [1.54, 1.807) is 0 Å². The highest BCUT2D eigenvalue weighted by Gasteiger charge is 2.10. The van der Waals surface area contributed by atoms with Crippen molar-refractivity contribution in [2.75, 3.05) is 13.2 Å². The van der Waals surface area contributed by atoms with E-state index in [9.17, 15) is 4.79 Å². The molecule has 1 heterocycles. The maximum Gasteiger partial charge on any atom is 0.167 e. The van der Waals surface area contributed by atoms with Gasteiger partial charge in [0.25, 0.3) is 0 Å². The Hall–Kier alpha value is -0.190. The summed E-state index contributed by atoms with van der Waals surface area (Å²) in [6, 6.07) is 0. The lowest BCUT2D eigenvalue weighted by molar-refractivity contribution is 0.0878. The maximum atomic E-state index is 11.6. The summed E-state index contributed by atoms with van der Waals surface area (Å²) >= 11 is 4.87. The number of ketones is 1. The summed E-state index contributed by atoms with van der Waals surface area (Å²) in [7, 11) is 0. The summed E-state index contributed by atoms with van der Waals surface area (Å²) in [5.41, 5.74) is 0.773. The van der Waals surface area contributed by atoms with E-state index in [4.69, 9.17) is 4.74 Å². The van der Waals surface area contributed by atoms with E-state index < -0.39 is 0 Å². The summed E-state index contributed by atoms with van der Waals surface area (Å²) in [6.07, 6.45) is 1.46. The van der Waals surface area contributed by atoms with Crippen LogP contribution in [0.25, 0.3) is 0 Å². The highest BCUT2D eigenvalue weighted by molar-refractivity contribution is 9.10. The zero-order valence-corrected chi connectivity index (χ0v) is 10.5. The molecule has 0 N–H and O–H groups in total. The number of halogens is 1. The number of ether oxygens (including phenoxy) is 1. The molecule has 0 aromatic carbocycles. The minimum absolute atomic E-state index is 0.147. The molecule has 0 aliphatic heterocycles. The van der Waals surface area contributed by atoms with Crippen molar-refractivity contribution >= 4 is 33.0 Å². The van der Waals surface area contributed by atoms with Crippen molar-refractivity contribution in [3.05, 3.63) is 20.8 Å². The number of hydrogen-bond acceptors (Lipinski definition) is 3. The van der Waals surface area contributed by atoms with E-state index in [1.807, 2.05) is 10.8 Å². The van der Waals surface area contributed by atoms with E-state index >= 15 is 0 Å². The second-order valence-electron chi connectivity index (χ2n) is 2.92. The Kier molecular flexibility index (Phi) is 5.37. The number of carbonyl (C=O) groups excluding carboxylic acids is 1. The highest BCUT2D eigenvalue weighted by Crippen LogP contribution is 2.22. The molecule has 0 atom stereocenters. The Labute approximate surface area is 96.4 Å². The van der Waals surface area contributed by atoms with Crippen molar-refractivity contribution in [3.8, 4) is 0 Å². The van der Waals surface area contributed by atoms with E-state index in [0.29, 0.717) is 13.0 Å². The van der Waals surface area contributed by atoms with Crippen LogP contribution in [0.2, 0.25) is 0 Å². The Balaban J connectivity index is 2.32. The smallest absolute Gasteiger partial charge is 0.167 e. The molecular weight excluding hydrogens is 264 g/mol. The Morgan fingerprint density at radius 2 is 2.29 bits per heavy atom. The molecule has 0 amide bonds. The molecule has 78 valence electrons. The summed E-state index contributed by atoms with van der Waals surface area (Å²) in [4.78, 5) is 11.6. The van der Waals surface area contributed by atoms with Gasteiger partial charge in [-0.25, -0.2) is 0 Å². The fraction of sp³-hybridized carbons (Fsp3) is 0.500. The van der Waals surface area contributed by atoms with Crippen LogP contribution in [0.3, 0.4) is 0 Å². The number of rotatable bonds is 6. The normalized spacial score (nSPS) is 10.4. The summed E-state index contributed by atoms with van der Waals surface area (Å²) < 4.78 is 6.15. The van der Waals surface area contributed by atoms with Crippen LogP contribution < -0.4 is 0 Å². The number of carbonyl (C=O) groups is 1. The van der Waals surface area contributed by atoms with Crippen molar-refractivity contribution in [2.45, 2.75) is 19.8 Å². The van der Waals surface area contributed by atoms with Crippen molar-refractivity contribution in [1.29, 1.82) is 0 Å². The second kappa shape index (κ2) is 6.32. The van der Waals surface area contributed by atoms with Gasteiger partial charge in [-0.15, -0.1) is 0 Å². The minimum Gasteiger partial charge on any atom is -0.381 e. The third-order valence-corrected chi connectivity index (χ3v) is 3.44. The van der Waals surface area contributed by atoms with Gasteiger partial charge in [-0.2, -0.15) is 11.3 Å². The van der Waals surface area contributed by atoms with Crippen molar-refractivity contribution < 1.29 is 9.53 Å².